The van der Waals surface area contributed by atoms with Crippen LogP contribution in [0.4, 0.5) is 11.6 Å². The first-order chi connectivity index (χ1) is 13.0. The van der Waals surface area contributed by atoms with Crippen LogP contribution in [0.3, 0.4) is 0 Å². The Bertz CT molecular complexity index is 1020. The van der Waals surface area contributed by atoms with Crippen LogP contribution in [0.25, 0.3) is 5.70 Å². The Balaban J connectivity index is 1.76. The molecule has 0 saturated carbocycles. The molecule has 1 aliphatic heterocycles. The molecule has 136 valence electrons. The standard InChI is InChI=1S/C19H18N6O2/c1-12(2)13-6-8-14(9-7-13)17-11-18(24-19(20-17)21-22-23-24)15-4-3-5-16(10-15)25(26)27/h3-12,18H,1-2H3,(H,20,21,23). The molecule has 1 aromatic heterocycles. The number of nitrogens with zero attached hydrogens (tertiary/aromatic N) is 5. The zero-order chi connectivity index (χ0) is 19.0. The molecule has 0 amide bonds. The van der Waals surface area contributed by atoms with Crippen LogP contribution in [0.15, 0.2) is 54.6 Å². The lowest BCUT2D eigenvalue weighted by Crippen LogP contribution is -2.20. The Morgan fingerprint density at radius 2 is 1.96 bits per heavy atom. The lowest BCUT2D eigenvalue weighted by atomic mass is 9.98. The van der Waals surface area contributed by atoms with E-state index in [1.165, 1.54) is 11.6 Å². The van der Waals surface area contributed by atoms with Crippen LogP contribution >= 0.6 is 0 Å². The zero-order valence-electron chi connectivity index (χ0n) is 14.9. The summed E-state index contributed by atoms with van der Waals surface area (Å²) in [5.74, 6) is 0.953. The molecule has 0 aliphatic carbocycles. The first-order valence-electron chi connectivity index (χ1n) is 8.64. The van der Waals surface area contributed by atoms with Crippen LogP contribution in [0, 0.1) is 10.1 Å². The Labute approximate surface area is 155 Å². The lowest BCUT2D eigenvalue weighted by Gasteiger charge is -2.23. The van der Waals surface area contributed by atoms with Gasteiger partial charge in [0.05, 0.1) is 4.92 Å². The zero-order valence-corrected chi connectivity index (χ0v) is 14.9. The maximum Gasteiger partial charge on any atom is 0.269 e. The first-order valence-corrected chi connectivity index (χ1v) is 8.64. The Morgan fingerprint density at radius 3 is 2.67 bits per heavy atom. The number of non-ortho nitro benzene ring substituents is 1. The van der Waals surface area contributed by atoms with Crippen LogP contribution in [0.5, 0.6) is 0 Å². The quantitative estimate of drug-likeness (QED) is 0.560. The molecule has 8 heteroatoms. The minimum absolute atomic E-state index is 0.0388. The molecular weight excluding hydrogens is 344 g/mol. The number of tetrazole rings is 1. The number of rotatable bonds is 4. The topological polar surface area (TPSA) is 98.8 Å². The van der Waals surface area contributed by atoms with E-state index in [9.17, 15) is 10.1 Å². The fraction of sp³-hybridized carbons (Fsp3) is 0.211. The molecule has 1 atom stereocenters. The summed E-state index contributed by atoms with van der Waals surface area (Å²) in [6, 6.07) is 14.5. The molecule has 4 rings (SSSR count). The number of fused-ring (bicyclic) bond motifs is 1. The smallest absolute Gasteiger partial charge is 0.269 e. The molecule has 0 fully saturated rings. The van der Waals surface area contributed by atoms with Gasteiger partial charge in [0.1, 0.15) is 6.04 Å². The number of anilines is 1. The summed E-state index contributed by atoms with van der Waals surface area (Å²) in [6.45, 7) is 4.30. The van der Waals surface area contributed by atoms with E-state index in [2.05, 4.69) is 59.0 Å². The second-order valence-electron chi connectivity index (χ2n) is 6.73. The van der Waals surface area contributed by atoms with Crippen LogP contribution in [-0.2, 0) is 0 Å². The molecule has 0 radical (unpaired) electrons. The van der Waals surface area contributed by atoms with Gasteiger partial charge >= 0.3 is 0 Å². The Morgan fingerprint density at radius 1 is 1.19 bits per heavy atom. The molecule has 27 heavy (non-hydrogen) atoms. The number of aromatic nitrogens is 4. The summed E-state index contributed by atoms with van der Waals surface area (Å²) in [5.41, 5.74) is 3.91. The second kappa shape index (κ2) is 6.64. The van der Waals surface area contributed by atoms with Crippen molar-refractivity contribution >= 4 is 17.3 Å². The molecule has 2 heterocycles. The fourth-order valence-corrected chi connectivity index (χ4v) is 3.13. The third-order valence-corrected chi connectivity index (χ3v) is 4.64. The molecule has 0 bridgehead atoms. The van der Waals surface area contributed by atoms with Gasteiger partial charge in [-0.3, -0.25) is 10.1 Å². The number of nitrogens with one attached hydrogen (secondary N) is 1. The third kappa shape index (κ3) is 3.17. The van der Waals surface area contributed by atoms with Gasteiger partial charge in [-0.05, 0) is 39.1 Å². The van der Waals surface area contributed by atoms with Crippen molar-refractivity contribution in [1.29, 1.82) is 0 Å². The van der Waals surface area contributed by atoms with Gasteiger partial charge in [0, 0.05) is 17.8 Å². The van der Waals surface area contributed by atoms with Crippen molar-refractivity contribution in [1.82, 2.24) is 20.2 Å². The van der Waals surface area contributed by atoms with Crippen LogP contribution in [0.1, 0.15) is 42.5 Å². The molecular formula is C19H18N6O2. The maximum atomic E-state index is 11.1. The molecule has 1 unspecified atom stereocenters. The summed E-state index contributed by atoms with van der Waals surface area (Å²) < 4.78 is 1.62. The van der Waals surface area contributed by atoms with Gasteiger partial charge in [0.2, 0.25) is 5.95 Å². The van der Waals surface area contributed by atoms with E-state index < -0.39 is 4.92 Å². The molecule has 2 aromatic carbocycles. The Kier molecular flexibility index (Phi) is 4.15. The average Bonchev–Trinajstić information content (AvgIpc) is 3.16. The summed E-state index contributed by atoms with van der Waals surface area (Å²) >= 11 is 0. The molecule has 1 N–H and O–H groups in total. The summed E-state index contributed by atoms with van der Waals surface area (Å²) in [7, 11) is 0. The highest BCUT2D eigenvalue weighted by Crippen LogP contribution is 2.33. The normalized spacial score (nSPS) is 15.8. The van der Waals surface area contributed by atoms with Crippen LogP contribution in [0.2, 0.25) is 0 Å². The van der Waals surface area contributed by atoms with Gasteiger partial charge in [0.15, 0.2) is 0 Å². The van der Waals surface area contributed by atoms with E-state index in [1.807, 2.05) is 12.1 Å². The van der Waals surface area contributed by atoms with E-state index in [0.717, 1.165) is 16.8 Å². The van der Waals surface area contributed by atoms with E-state index in [1.54, 1.807) is 16.8 Å². The van der Waals surface area contributed by atoms with Crippen molar-refractivity contribution in [2.45, 2.75) is 25.8 Å². The van der Waals surface area contributed by atoms with Crippen molar-refractivity contribution in [2.75, 3.05) is 5.32 Å². The number of nitro benzene ring substituents is 1. The monoisotopic (exact) mass is 362 g/mol. The SMILES string of the molecule is CC(C)c1ccc(C2=CC(c3cccc([N+](=O)[O-])c3)n3nnnc3N2)cc1. The van der Waals surface area contributed by atoms with Gasteiger partial charge in [0.25, 0.3) is 5.69 Å². The second-order valence-corrected chi connectivity index (χ2v) is 6.73. The molecule has 1 aliphatic rings. The van der Waals surface area contributed by atoms with Crippen molar-refractivity contribution in [3.8, 4) is 0 Å². The fourth-order valence-electron chi connectivity index (χ4n) is 3.13. The number of hydrogen-bond donors (Lipinski definition) is 1. The highest BCUT2D eigenvalue weighted by Gasteiger charge is 2.25. The van der Waals surface area contributed by atoms with Gasteiger partial charge in [-0.2, -0.15) is 4.68 Å². The van der Waals surface area contributed by atoms with Crippen LogP contribution < -0.4 is 5.32 Å². The predicted molar refractivity (Wildman–Crippen MR) is 101 cm³/mol. The number of allylic oxidation sites excluding steroid dienone is 1. The summed E-state index contributed by atoms with van der Waals surface area (Å²) in [5, 5.41) is 26.2. The highest BCUT2D eigenvalue weighted by molar-refractivity contribution is 5.77. The van der Waals surface area contributed by atoms with E-state index in [4.69, 9.17) is 0 Å². The molecule has 8 nitrogen and oxygen atoms in total. The maximum absolute atomic E-state index is 11.1. The predicted octanol–water partition coefficient (Wildman–Crippen LogP) is 3.76. The number of benzene rings is 2. The minimum atomic E-state index is -0.402. The van der Waals surface area contributed by atoms with Crippen molar-refractivity contribution < 1.29 is 4.92 Å². The van der Waals surface area contributed by atoms with Gasteiger partial charge in [-0.25, -0.2) is 0 Å². The highest BCUT2D eigenvalue weighted by atomic mass is 16.6. The Hall–Kier alpha value is -3.55. The van der Waals surface area contributed by atoms with Gasteiger partial charge < -0.3 is 5.32 Å². The average molecular weight is 362 g/mol. The largest absolute Gasteiger partial charge is 0.323 e. The van der Waals surface area contributed by atoms with E-state index in [0.29, 0.717) is 11.9 Å². The van der Waals surface area contributed by atoms with Crippen molar-refractivity contribution in [2.24, 2.45) is 0 Å². The number of nitro groups is 1. The van der Waals surface area contributed by atoms with Crippen molar-refractivity contribution in [3.05, 3.63) is 81.4 Å². The summed E-state index contributed by atoms with van der Waals surface area (Å²) in [6.07, 6.45) is 1.98. The van der Waals surface area contributed by atoms with Crippen molar-refractivity contribution in [3.63, 3.8) is 0 Å². The first kappa shape index (κ1) is 16.9. The van der Waals surface area contributed by atoms with E-state index in [-0.39, 0.29) is 11.7 Å². The van der Waals surface area contributed by atoms with Crippen LogP contribution in [-0.4, -0.2) is 25.1 Å². The van der Waals surface area contributed by atoms with Gasteiger partial charge in [-0.1, -0.05) is 55.3 Å². The third-order valence-electron chi connectivity index (χ3n) is 4.64. The van der Waals surface area contributed by atoms with E-state index >= 15 is 0 Å². The molecule has 3 aromatic rings. The molecule has 0 saturated heterocycles. The lowest BCUT2D eigenvalue weighted by molar-refractivity contribution is -0.384. The summed E-state index contributed by atoms with van der Waals surface area (Å²) in [4.78, 5) is 10.7. The molecule has 0 spiro atoms. The minimum Gasteiger partial charge on any atom is -0.323 e. The van der Waals surface area contributed by atoms with Gasteiger partial charge in [-0.15, -0.1) is 0 Å². The number of hydrogen-bond acceptors (Lipinski definition) is 6.